The molecule has 1 fully saturated rings. The van der Waals surface area contributed by atoms with Gasteiger partial charge in [-0.25, -0.2) is 8.78 Å². The molecule has 0 saturated heterocycles. The molecule has 1 aromatic rings. The molecule has 0 spiro atoms. The summed E-state index contributed by atoms with van der Waals surface area (Å²) in [6.45, 7) is -0.460. The first kappa shape index (κ1) is 10.1. The van der Waals surface area contributed by atoms with Crippen LogP contribution < -0.4 is 5.11 Å². The molecule has 0 radical (unpaired) electrons. The van der Waals surface area contributed by atoms with E-state index in [0.717, 1.165) is 17.5 Å². The van der Waals surface area contributed by atoms with Crippen LogP contribution in [0.3, 0.4) is 0 Å². The predicted molar refractivity (Wildman–Crippen MR) is 44.2 cm³/mol. The number of alkyl halides is 2. The Morgan fingerprint density at radius 3 is 2.80 bits per heavy atom. The third kappa shape index (κ3) is 2.14. The van der Waals surface area contributed by atoms with Crippen molar-refractivity contribution in [2.45, 2.75) is 31.7 Å². The lowest BCUT2D eigenvalue weighted by Crippen LogP contribution is -2.28. The molecule has 0 unspecified atom stereocenters. The molecular formula is C9H9F2N2O2-. The Hall–Kier alpha value is -1.46. The van der Waals surface area contributed by atoms with Gasteiger partial charge >= 0.3 is 0 Å². The van der Waals surface area contributed by atoms with E-state index in [0.29, 0.717) is 5.69 Å². The first-order chi connectivity index (χ1) is 7.08. The van der Waals surface area contributed by atoms with Crippen molar-refractivity contribution in [1.29, 1.82) is 0 Å². The average Bonchev–Trinajstić information content (AvgIpc) is 2.88. The van der Waals surface area contributed by atoms with Crippen molar-refractivity contribution < 1.29 is 18.7 Å². The van der Waals surface area contributed by atoms with Gasteiger partial charge in [0, 0.05) is 11.6 Å². The van der Waals surface area contributed by atoms with Gasteiger partial charge in [0.25, 0.3) is 6.43 Å². The lowest BCUT2D eigenvalue weighted by Gasteiger charge is -2.06. The number of hydrogen-bond acceptors (Lipinski definition) is 3. The number of aromatic nitrogens is 2. The number of nitrogens with zero attached hydrogens (tertiary/aromatic N) is 2. The third-order valence-corrected chi connectivity index (χ3v) is 2.33. The highest BCUT2D eigenvalue weighted by atomic mass is 19.3. The highest BCUT2D eigenvalue weighted by Gasteiger charge is 2.29. The maximum Gasteiger partial charge on any atom is 0.282 e. The minimum absolute atomic E-state index is 0.185. The van der Waals surface area contributed by atoms with Gasteiger partial charge in [0.2, 0.25) is 0 Å². The van der Waals surface area contributed by atoms with E-state index in [1.165, 1.54) is 6.07 Å². The molecule has 1 aliphatic rings. The van der Waals surface area contributed by atoms with Crippen molar-refractivity contribution in [3.8, 4) is 0 Å². The van der Waals surface area contributed by atoms with Crippen molar-refractivity contribution in [3.63, 3.8) is 0 Å². The van der Waals surface area contributed by atoms with Crippen LogP contribution in [0.25, 0.3) is 0 Å². The Balaban J connectivity index is 2.28. The van der Waals surface area contributed by atoms with Crippen molar-refractivity contribution in [3.05, 3.63) is 17.5 Å². The summed E-state index contributed by atoms with van der Waals surface area (Å²) in [7, 11) is 0. The maximum absolute atomic E-state index is 12.3. The van der Waals surface area contributed by atoms with Crippen molar-refractivity contribution in [2.24, 2.45) is 0 Å². The van der Waals surface area contributed by atoms with Gasteiger partial charge in [0.1, 0.15) is 5.69 Å². The Morgan fingerprint density at radius 1 is 1.67 bits per heavy atom. The Labute approximate surface area is 84.5 Å². The predicted octanol–water partition coefficient (Wildman–Crippen LogP) is 0.448. The Bertz CT molecular complexity index is 385. The van der Waals surface area contributed by atoms with Crippen LogP contribution in [-0.2, 0) is 11.3 Å². The van der Waals surface area contributed by atoms with Crippen molar-refractivity contribution >= 4 is 5.97 Å². The first-order valence-corrected chi connectivity index (χ1v) is 4.63. The van der Waals surface area contributed by atoms with Gasteiger partial charge in [-0.05, 0) is 18.9 Å². The summed E-state index contributed by atoms with van der Waals surface area (Å²) in [5.74, 6) is -1.13. The van der Waals surface area contributed by atoms with Crippen molar-refractivity contribution in [1.82, 2.24) is 9.78 Å². The van der Waals surface area contributed by atoms with Crippen LogP contribution in [-0.4, -0.2) is 15.7 Å². The molecule has 1 aromatic heterocycles. The maximum atomic E-state index is 12.3. The summed E-state index contributed by atoms with van der Waals surface area (Å²) in [4.78, 5) is 10.4. The summed E-state index contributed by atoms with van der Waals surface area (Å²) in [5.41, 5.74) is 0.215. The number of carbonyl (C=O) groups excluding carboxylic acids is 1. The quantitative estimate of drug-likeness (QED) is 0.732. The van der Waals surface area contributed by atoms with Crippen LogP contribution in [0.4, 0.5) is 8.78 Å². The standard InChI is InChI=1S/C9H10F2N2O2/c10-9(11)6-3-7(5-1-2-5)13(12-6)4-8(14)15/h3,5,9H,1-2,4H2,(H,14,15)/p-1. The molecule has 0 atom stereocenters. The van der Waals surface area contributed by atoms with E-state index in [-0.39, 0.29) is 11.6 Å². The first-order valence-electron chi connectivity index (χ1n) is 4.63. The zero-order valence-electron chi connectivity index (χ0n) is 7.82. The summed E-state index contributed by atoms with van der Waals surface area (Å²) in [6, 6.07) is 1.28. The molecule has 0 amide bonds. The van der Waals surface area contributed by atoms with E-state index < -0.39 is 18.9 Å². The zero-order valence-corrected chi connectivity index (χ0v) is 7.82. The van der Waals surface area contributed by atoms with E-state index in [2.05, 4.69) is 5.10 Å². The molecule has 1 heterocycles. The number of carboxylic acid groups (broad SMARTS) is 1. The fraction of sp³-hybridized carbons (Fsp3) is 0.556. The molecule has 2 rings (SSSR count). The number of aliphatic carboxylic acids is 1. The van der Waals surface area contributed by atoms with Gasteiger partial charge in [-0.2, -0.15) is 5.10 Å². The largest absolute Gasteiger partial charge is 0.548 e. The van der Waals surface area contributed by atoms with Crippen LogP contribution in [0.15, 0.2) is 6.07 Å². The summed E-state index contributed by atoms with van der Waals surface area (Å²) in [6.07, 6.45) is -0.853. The summed E-state index contributed by atoms with van der Waals surface area (Å²) in [5, 5.41) is 13.9. The normalized spacial score (nSPS) is 15.9. The van der Waals surface area contributed by atoms with Gasteiger partial charge in [0.05, 0.1) is 12.5 Å². The molecule has 1 aliphatic carbocycles. The molecule has 82 valence electrons. The fourth-order valence-electron chi connectivity index (χ4n) is 1.52. The summed E-state index contributed by atoms with van der Waals surface area (Å²) < 4.78 is 25.8. The number of carboxylic acids is 1. The van der Waals surface area contributed by atoms with Gasteiger partial charge in [-0.1, -0.05) is 0 Å². The number of halogens is 2. The van der Waals surface area contributed by atoms with E-state index >= 15 is 0 Å². The summed E-state index contributed by atoms with van der Waals surface area (Å²) >= 11 is 0. The minimum atomic E-state index is -2.66. The van der Waals surface area contributed by atoms with Gasteiger partial charge < -0.3 is 9.90 Å². The van der Waals surface area contributed by atoms with E-state index in [1.54, 1.807) is 0 Å². The van der Waals surface area contributed by atoms with E-state index in [9.17, 15) is 18.7 Å². The van der Waals surface area contributed by atoms with Crippen LogP contribution in [0, 0.1) is 0 Å². The third-order valence-electron chi connectivity index (χ3n) is 2.33. The van der Waals surface area contributed by atoms with Gasteiger partial charge in [-0.15, -0.1) is 0 Å². The second-order valence-corrected chi connectivity index (χ2v) is 3.60. The molecule has 4 nitrogen and oxygen atoms in total. The van der Waals surface area contributed by atoms with Crippen LogP contribution in [0.5, 0.6) is 0 Å². The highest BCUT2D eigenvalue weighted by Crippen LogP contribution is 2.40. The molecule has 15 heavy (non-hydrogen) atoms. The SMILES string of the molecule is O=C([O-])Cn1nc(C(F)F)cc1C1CC1. The molecule has 6 heteroatoms. The Kier molecular flexibility index (Phi) is 2.42. The van der Waals surface area contributed by atoms with Crippen LogP contribution in [0.2, 0.25) is 0 Å². The van der Waals surface area contributed by atoms with E-state index in [1.807, 2.05) is 0 Å². The molecule has 0 N–H and O–H groups in total. The molecule has 0 aliphatic heterocycles. The minimum Gasteiger partial charge on any atom is -0.548 e. The zero-order chi connectivity index (χ0) is 11.0. The highest BCUT2D eigenvalue weighted by molar-refractivity contribution is 5.64. The monoisotopic (exact) mass is 215 g/mol. The smallest absolute Gasteiger partial charge is 0.282 e. The van der Waals surface area contributed by atoms with Crippen LogP contribution in [0.1, 0.15) is 36.6 Å². The topological polar surface area (TPSA) is 57.9 Å². The molecule has 1 saturated carbocycles. The Morgan fingerprint density at radius 2 is 2.33 bits per heavy atom. The fourth-order valence-corrected chi connectivity index (χ4v) is 1.52. The lowest BCUT2D eigenvalue weighted by molar-refractivity contribution is -0.306. The van der Waals surface area contributed by atoms with Crippen LogP contribution >= 0.6 is 0 Å². The average molecular weight is 215 g/mol. The van der Waals surface area contributed by atoms with E-state index in [4.69, 9.17) is 0 Å². The van der Waals surface area contributed by atoms with Gasteiger partial charge in [-0.3, -0.25) is 4.68 Å². The second kappa shape index (κ2) is 3.60. The molecule has 0 aromatic carbocycles. The number of rotatable bonds is 4. The lowest BCUT2D eigenvalue weighted by atomic mass is 10.2. The van der Waals surface area contributed by atoms with Crippen molar-refractivity contribution in [2.75, 3.05) is 0 Å². The second-order valence-electron chi connectivity index (χ2n) is 3.60. The molecular weight excluding hydrogens is 206 g/mol. The number of carbonyl (C=O) groups is 1. The molecule has 0 bridgehead atoms. The van der Waals surface area contributed by atoms with Gasteiger partial charge in [0.15, 0.2) is 0 Å². The number of hydrogen-bond donors (Lipinski definition) is 0.